The summed E-state index contributed by atoms with van der Waals surface area (Å²) in [6, 6.07) is 5.94. The minimum atomic E-state index is -0.212. The van der Waals surface area contributed by atoms with E-state index in [1.54, 1.807) is 14.2 Å². The maximum absolute atomic E-state index is 12.4. The Kier molecular flexibility index (Phi) is 5.22. The molecule has 130 valence electrons. The number of likely N-dealkylation sites (tertiary alicyclic amines) is 2. The number of halogens is 1. The van der Waals surface area contributed by atoms with Crippen LogP contribution in [0, 0.1) is 11.8 Å². The monoisotopic (exact) mass is 396 g/mol. The van der Waals surface area contributed by atoms with Crippen molar-refractivity contribution in [2.24, 2.45) is 11.8 Å². The first-order valence-electron chi connectivity index (χ1n) is 7.94. The largest absolute Gasteiger partial charge is 0.496 e. The Labute approximate surface area is 149 Å². The minimum Gasteiger partial charge on any atom is -0.496 e. The molecular formula is C17H21BrN2O4. The summed E-state index contributed by atoms with van der Waals surface area (Å²) in [5.41, 5.74) is 1.12. The molecule has 0 N–H and O–H groups in total. The van der Waals surface area contributed by atoms with Crippen molar-refractivity contribution in [1.29, 1.82) is 0 Å². The number of methoxy groups -OCH3 is 2. The Morgan fingerprint density at radius 1 is 1.17 bits per heavy atom. The topological polar surface area (TPSA) is 59.1 Å². The summed E-state index contributed by atoms with van der Waals surface area (Å²) in [4.78, 5) is 28.4. The van der Waals surface area contributed by atoms with Gasteiger partial charge in [0.2, 0.25) is 11.8 Å². The van der Waals surface area contributed by atoms with E-state index in [1.807, 2.05) is 18.2 Å². The van der Waals surface area contributed by atoms with Crippen molar-refractivity contribution < 1.29 is 19.1 Å². The van der Waals surface area contributed by atoms with Crippen molar-refractivity contribution >= 4 is 27.7 Å². The van der Waals surface area contributed by atoms with Crippen LogP contribution in [0.25, 0.3) is 0 Å². The SMILES string of the molecule is COCCN1C(=O)C2CN(Cc3ccc(OC)c(Br)c3)CC2C1=O. The van der Waals surface area contributed by atoms with Crippen LogP contribution in [-0.4, -0.2) is 62.1 Å². The van der Waals surface area contributed by atoms with Crippen LogP contribution in [0.5, 0.6) is 5.75 Å². The second-order valence-electron chi connectivity index (χ2n) is 6.20. The van der Waals surface area contributed by atoms with Gasteiger partial charge in [0, 0.05) is 26.7 Å². The van der Waals surface area contributed by atoms with Gasteiger partial charge >= 0.3 is 0 Å². The van der Waals surface area contributed by atoms with Crippen molar-refractivity contribution in [2.45, 2.75) is 6.54 Å². The molecule has 2 amide bonds. The van der Waals surface area contributed by atoms with Gasteiger partial charge in [0.05, 0.1) is 36.6 Å². The zero-order chi connectivity index (χ0) is 17.3. The van der Waals surface area contributed by atoms with Gasteiger partial charge in [-0.05, 0) is 33.6 Å². The van der Waals surface area contributed by atoms with Crippen LogP contribution < -0.4 is 4.74 Å². The number of benzene rings is 1. The second kappa shape index (κ2) is 7.21. The van der Waals surface area contributed by atoms with Crippen molar-refractivity contribution in [3.63, 3.8) is 0 Å². The molecule has 2 fully saturated rings. The number of nitrogens with zero attached hydrogens (tertiary/aromatic N) is 2. The summed E-state index contributed by atoms with van der Waals surface area (Å²) < 4.78 is 11.1. The number of ether oxygens (including phenoxy) is 2. The molecule has 2 atom stereocenters. The van der Waals surface area contributed by atoms with Gasteiger partial charge in [-0.1, -0.05) is 6.07 Å². The van der Waals surface area contributed by atoms with E-state index in [2.05, 4.69) is 20.8 Å². The van der Waals surface area contributed by atoms with Gasteiger partial charge in [0.15, 0.2) is 0 Å². The van der Waals surface area contributed by atoms with Gasteiger partial charge in [-0.3, -0.25) is 19.4 Å². The summed E-state index contributed by atoms with van der Waals surface area (Å²) in [6.45, 7) is 2.71. The standard InChI is InChI=1S/C17H21BrN2O4/c1-23-6-5-20-16(21)12-9-19(10-13(12)17(20)22)8-11-3-4-15(24-2)14(18)7-11/h3-4,7,12-13H,5-6,8-10H2,1-2H3. The highest BCUT2D eigenvalue weighted by molar-refractivity contribution is 9.10. The molecule has 0 spiro atoms. The first-order valence-corrected chi connectivity index (χ1v) is 8.73. The highest BCUT2D eigenvalue weighted by Gasteiger charge is 2.51. The molecule has 0 aromatic heterocycles. The Bertz CT molecular complexity index is 627. The fraction of sp³-hybridized carbons (Fsp3) is 0.529. The lowest BCUT2D eigenvalue weighted by molar-refractivity contribution is -0.141. The molecule has 7 heteroatoms. The van der Waals surface area contributed by atoms with Crippen molar-refractivity contribution in [3.8, 4) is 5.75 Å². The molecule has 2 aliphatic rings. The van der Waals surface area contributed by atoms with E-state index in [9.17, 15) is 9.59 Å². The van der Waals surface area contributed by atoms with E-state index >= 15 is 0 Å². The smallest absolute Gasteiger partial charge is 0.234 e. The molecule has 2 heterocycles. The van der Waals surface area contributed by atoms with E-state index in [0.717, 1.165) is 15.8 Å². The van der Waals surface area contributed by atoms with Crippen LogP contribution in [0.15, 0.2) is 22.7 Å². The van der Waals surface area contributed by atoms with E-state index in [1.165, 1.54) is 4.90 Å². The molecule has 1 aromatic carbocycles. The van der Waals surface area contributed by atoms with E-state index in [0.29, 0.717) is 32.8 Å². The predicted molar refractivity (Wildman–Crippen MR) is 91.5 cm³/mol. The van der Waals surface area contributed by atoms with Gasteiger partial charge in [0.1, 0.15) is 5.75 Å². The fourth-order valence-electron chi connectivity index (χ4n) is 3.49. The zero-order valence-electron chi connectivity index (χ0n) is 13.8. The van der Waals surface area contributed by atoms with Crippen LogP contribution in [0.4, 0.5) is 0 Å². The van der Waals surface area contributed by atoms with Gasteiger partial charge in [-0.25, -0.2) is 0 Å². The highest BCUT2D eigenvalue weighted by atomic mass is 79.9. The number of amides is 2. The normalized spacial score (nSPS) is 23.9. The van der Waals surface area contributed by atoms with E-state index in [4.69, 9.17) is 9.47 Å². The molecule has 0 radical (unpaired) electrons. The zero-order valence-corrected chi connectivity index (χ0v) is 15.4. The second-order valence-corrected chi connectivity index (χ2v) is 7.05. The van der Waals surface area contributed by atoms with Gasteiger partial charge in [0.25, 0.3) is 0 Å². The molecule has 2 aliphatic heterocycles. The maximum atomic E-state index is 12.4. The van der Waals surface area contributed by atoms with Gasteiger partial charge < -0.3 is 9.47 Å². The summed E-state index contributed by atoms with van der Waals surface area (Å²) >= 11 is 3.49. The number of fused-ring (bicyclic) bond motifs is 1. The minimum absolute atomic E-state index is 0.0551. The molecule has 2 unspecified atom stereocenters. The summed E-state index contributed by atoms with van der Waals surface area (Å²) in [5.74, 6) is 0.254. The maximum Gasteiger partial charge on any atom is 0.234 e. The lowest BCUT2D eigenvalue weighted by Gasteiger charge is -2.20. The van der Waals surface area contributed by atoms with Gasteiger partial charge in [-0.15, -0.1) is 0 Å². The first kappa shape index (κ1) is 17.4. The van der Waals surface area contributed by atoms with Crippen molar-refractivity contribution in [1.82, 2.24) is 9.80 Å². The molecule has 0 saturated carbocycles. The number of hydrogen-bond acceptors (Lipinski definition) is 5. The Hall–Kier alpha value is -1.44. The third-order valence-corrected chi connectivity index (χ3v) is 5.32. The van der Waals surface area contributed by atoms with Crippen molar-refractivity contribution in [3.05, 3.63) is 28.2 Å². The molecule has 3 rings (SSSR count). The molecule has 1 aromatic rings. The molecule has 6 nitrogen and oxygen atoms in total. The Balaban J connectivity index is 1.64. The van der Waals surface area contributed by atoms with Crippen LogP contribution in [-0.2, 0) is 20.9 Å². The number of imide groups is 1. The lowest BCUT2D eigenvalue weighted by Crippen LogP contribution is -2.37. The van der Waals surface area contributed by atoms with Crippen LogP contribution in [0.3, 0.4) is 0 Å². The van der Waals surface area contributed by atoms with Crippen LogP contribution in [0.1, 0.15) is 5.56 Å². The molecule has 24 heavy (non-hydrogen) atoms. The molecular weight excluding hydrogens is 376 g/mol. The van der Waals surface area contributed by atoms with Crippen LogP contribution >= 0.6 is 15.9 Å². The Morgan fingerprint density at radius 3 is 2.38 bits per heavy atom. The van der Waals surface area contributed by atoms with E-state index < -0.39 is 0 Å². The summed E-state index contributed by atoms with van der Waals surface area (Å²) in [6.07, 6.45) is 0. The quantitative estimate of drug-likeness (QED) is 0.682. The number of hydrogen-bond donors (Lipinski definition) is 0. The summed E-state index contributed by atoms with van der Waals surface area (Å²) in [5, 5.41) is 0. The molecule has 2 saturated heterocycles. The van der Waals surface area contributed by atoms with Crippen LogP contribution in [0.2, 0.25) is 0 Å². The number of rotatable bonds is 6. The van der Waals surface area contributed by atoms with Gasteiger partial charge in [-0.2, -0.15) is 0 Å². The lowest BCUT2D eigenvalue weighted by atomic mass is 10.00. The third-order valence-electron chi connectivity index (χ3n) is 4.70. The highest BCUT2D eigenvalue weighted by Crippen LogP contribution is 2.34. The fourth-order valence-corrected chi connectivity index (χ4v) is 4.08. The van der Waals surface area contributed by atoms with Crippen molar-refractivity contribution in [2.75, 3.05) is 40.5 Å². The summed E-state index contributed by atoms with van der Waals surface area (Å²) in [7, 11) is 3.20. The third kappa shape index (κ3) is 3.20. The predicted octanol–water partition coefficient (Wildman–Crippen LogP) is 1.52. The first-order chi connectivity index (χ1) is 11.5. The average molecular weight is 397 g/mol. The molecule has 0 aliphatic carbocycles. The number of carbonyl (C=O) groups excluding carboxylic acids is 2. The Morgan fingerprint density at radius 2 is 1.83 bits per heavy atom. The molecule has 0 bridgehead atoms. The average Bonchev–Trinajstić information content (AvgIpc) is 3.06. The number of carbonyl (C=O) groups is 2. The van der Waals surface area contributed by atoms with E-state index in [-0.39, 0.29) is 23.7 Å².